The second kappa shape index (κ2) is 7.16. The Balaban J connectivity index is 2.23. The highest BCUT2D eigenvalue weighted by molar-refractivity contribution is 9.10. The number of halogens is 2. The van der Waals surface area contributed by atoms with Crippen molar-refractivity contribution < 1.29 is 9.13 Å². The minimum Gasteiger partial charge on any atom is -0.467 e. The van der Waals surface area contributed by atoms with Crippen LogP contribution in [0.15, 0.2) is 22.7 Å². The first-order chi connectivity index (χ1) is 10.1. The van der Waals surface area contributed by atoms with E-state index in [4.69, 9.17) is 4.74 Å². The summed E-state index contributed by atoms with van der Waals surface area (Å²) in [5.74, 6) is 0.316. The molecule has 0 bridgehead atoms. The topological polar surface area (TPSA) is 72.0 Å². The summed E-state index contributed by atoms with van der Waals surface area (Å²) < 4.78 is 18.9. The van der Waals surface area contributed by atoms with Gasteiger partial charge in [0, 0.05) is 12.2 Å². The van der Waals surface area contributed by atoms with Crippen molar-refractivity contribution in [1.29, 1.82) is 0 Å². The van der Waals surface area contributed by atoms with E-state index in [0.717, 1.165) is 13.0 Å². The van der Waals surface area contributed by atoms with E-state index in [1.165, 1.54) is 13.2 Å². The van der Waals surface area contributed by atoms with Gasteiger partial charge < -0.3 is 15.4 Å². The Morgan fingerprint density at radius 2 is 2.00 bits per heavy atom. The van der Waals surface area contributed by atoms with Gasteiger partial charge in [-0.15, -0.1) is 0 Å². The van der Waals surface area contributed by atoms with Gasteiger partial charge in [0.25, 0.3) is 0 Å². The van der Waals surface area contributed by atoms with Crippen LogP contribution in [0.25, 0.3) is 0 Å². The number of hydrogen-bond donors (Lipinski definition) is 2. The third kappa shape index (κ3) is 4.25. The molecule has 0 radical (unpaired) electrons. The maximum Gasteiger partial charge on any atom is 0.322 e. The molecule has 1 heterocycles. The third-order valence-electron chi connectivity index (χ3n) is 2.51. The average Bonchev–Trinajstić information content (AvgIpc) is 2.48. The molecule has 8 heteroatoms. The molecule has 0 aliphatic carbocycles. The number of rotatable bonds is 6. The van der Waals surface area contributed by atoms with E-state index < -0.39 is 0 Å². The van der Waals surface area contributed by atoms with Gasteiger partial charge in [0.2, 0.25) is 11.9 Å². The predicted octanol–water partition coefficient (Wildman–Crippen LogP) is 3.35. The van der Waals surface area contributed by atoms with Crippen molar-refractivity contribution in [3.8, 4) is 6.01 Å². The fourth-order valence-corrected chi connectivity index (χ4v) is 1.77. The molecule has 0 unspecified atom stereocenters. The zero-order chi connectivity index (χ0) is 15.2. The molecule has 0 saturated heterocycles. The Morgan fingerprint density at radius 1 is 1.24 bits per heavy atom. The van der Waals surface area contributed by atoms with E-state index in [2.05, 4.69) is 41.5 Å². The van der Waals surface area contributed by atoms with Gasteiger partial charge in [-0.3, -0.25) is 0 Å². The summed E-state index contributed by atoms with van der Waals surface area (Å²) in [5.41, 5.74) is 0.533. The van der Waals surface area contributed by atoms with Gasteiger partial charge >= 0.3 is 6.01 Å². The maximum absolute atomic E-state index is 13.5. The molecule has 0 fully saturated rings. The predicted molar refractivity (Wildman–Crippen MR) is 82.5 cm³/mol. The first-order valence-corrected chi connectivity index (χ1v) is 7.17. The molecule has 0 saturated carbocycles. The van der Waals surface area contributed by atoms with Crippen molar-refractivity contribution in [3.63, 3.8) is 0 Å². The summed E-state index contributed by atoms with van der Waals surface area (Å²) in [5, 5.41) is 5.97. The molecule has 6 nitrogen and oxygen atoms in total. The van der Waals surface area contributed by atoms with Crippen LogP contribution in [0.3, 0.4) is 0 Å². The number of methoxy groups -OCH3 is 1. The number of aromatic nitrogens is 3. The fraction of sp³-hybridized carbons (Fsp3) is 0.308. The molecule has 1 aromatic carbocycles. The van der Waals surface area contributed by atoms with Crippen LogP contribution in [0.1, 0.15) is 13.3 Å². The lowest BCUT2D eigenvalue weighted by atomic mass is 10.3. The monoisotopic (exact) mass is 355 g/mol. The summed E-state index contributed by atoms with van der Waals surface area (Å²) in [4.78, 5) is 12.4. The first kappa shape index (κ1) is 15.4. The number of hydrogen-bond acceptors (Lipinski definition) is 6. The van der Waals surface area contributed by atoms with E-state index >= 15 is 0 Å². The zero-order valence-electron chi connectivity index (χ0n) is 11.7. The highest BCUT2D eigenvalue weighted by atomic mass is 79.9. The summed E-state index contributed by atoms with van der Waals surface area (Å²) in [7, 11) is 1.47. The zero-order valence-corrected chi connectivity index (χ0v) is 13.2. The number of anilines is 3. The summed E-state index contributed by atoms with van der Waals surface area (Å²) in [6, 6.07) is 4.85. The Kier molecular flexibility index (Phi) is 5.26. The van der Waals surface area contributed by atoms with Crippen LogP contribution in [0.2, 0.25) is 0 Å². The molecule has 1 aromatic heterocycles. The van der Waals surface area contributed by atoms with Crippen LogP contribution in [-0.2, 0) is 0 Å². The second-order valence-corrected chi connectivity index (χ2v) is 5.00. The van der Waals surface area contributed by atoms with Gasteiger partial charge in [-0.25, -0.2) is 4.39 Å². The van der Waals surface area contributed by atoms with E-state index in [-0.39, 0.29) is 17.8 Å². The van der Waals surface area contributed by atoms with Gasteiger partial charge in [0.05, 0.1) is 11.6 Å². The molecule has 112 valence electrons. The van der Waals surface area contributed by atoms with Crippen LogP contribution >= 0.6 is 15.9 Å². The van der Waals surface area contributed by atoms with Gasteiger partial charge in [-0.2, -0.15) is 15.0 Å². The number of nitrogens with zero attached hydrogens (tertiary/aromatic N) is 3. The van der Waals surface area contributed by atoms with E-state index in [9.17, 15) is 4.39 Å². The SMILES string of the molecule is CCCNc1nc(Nc2ccc(Br)c(F)c2)nc(OC)n1. The van der Waals surface area contributed by atoms with Crippen LogP contribution in [0, 0.1) is 5.82 Å². The maximum atomic E-state index is 13.5. The smallest absolute Gasteiger partial charge is 0.322 e. The number of benzene rings is 1. The highest BCUT2D eigenvalue weighted by Crippen LogP contribution is 2.22. The van der Waals surface area contributed by atoms with Crippen molar-refractivity contribution in [2.45, 2.75) is 13.3 Å². The lowest BCUT2D eigenvalue weighted by molar-refractivity contribution is 0.379. The minimum atomic E-state index is -0.370. The Morgan fingerprint density at radius 3 is 2.67 bits per heavy atom. The van der Waals surface area contributed by atoms with Crippen molar-refractivity contribution in [1.82, 2.24) is 15.0 Å². The molecular weight excluding hydrogens is 341 g/mol. The van der Waals surface area contributed by atoms with E-state index in [1.54, 1.807) is 12.1 Å². The van der Waals surface area contributed by atoms with Gasteiger partial charge in [0.1, 0.15) is 5.82 Å². The molecule has 21 heavy (non-hydrogen) atoms. The molecular formula is C13H15BrFN5O. The molecule has 0 atom stereocenters. The van der Waals surface area contributed by atoms with Crippen LogP contribution in [0.4, 0.5) is 22.0 Å². The Hall–Kier alpha value is -1.96. The van der Waals surface area contributed by atoms with E-state index in [0.29, 0.717) is 16.1 Å². The average molecular weight is 356 g/mol. The molecule has 0 aliphatic heterocycles. The lowest BCUT2D eigenvalue weighted by Crippen LogP contribution is -2.09. The van der Waals surface area contributed by atoms with Crippen molar-refractivity contribution in [3.05, 3.63) is 28.5 Å². The van der Waals surface area contributed by atoms with Gasteiger partial charge in [-0.1, -0.05) is 6.92 Å². The standard InChI is InChI=1S/C13H15BrFN5O/c1-3-6-16-11-18-12(20-13(19-11)21-2)17-8-4-5-9(14)10(15)7-8/h4-5,7H,3,6H2,1-2H3,(H2,16,17,18,19,20). The summed E-state index contributed by atoms with van der Waals surface area (Å²) >= 11 is 3.10. The quantitative estimate of drug-likeness (QED) is 0.827. The molecule has 2 aromatic rings. The molecule has 0 amide bonds. The third-order valence-corrected chi connectivity index (χ3v) is 3.15. The molecule has 0 spiro atoms. The van der Waals surface area contributed by atoms with Crippen LogP contribution in [0.5, 0.6) is 6.01 Å². The first-order valence-electron chi connectivity index (χ1n) is 6.38. The van der Waals surface area contributed by atoms with Crippen LogP contribution < -0.4 is 15.4 Å². The molecule has 2 N–H and O–H groups in total. The summed E-state index contributed by atoms with van der Waals surface area (Å²) in [6.07, 6.45) is 0.939. The van der Waals surface area contributed by atoms with E-state index in [1.807, 2.05) is 6.92 Å². The van der Waals surface area contributed by atoms with Crippen molar-refractivity contribution >= 4 is 33.5 Å². The Bertz CT molecular complexity index is 626. The van der Waals surface area contributed by atoms with Gasteiger partial charge in [-0.05, 0) is 40.5 Å². The lowest BCUT2D eigenvalue weighted by Gasteiger charge is -2.09. The number of nitrogens with one attached hydrogen (secondary N) is 2. The summed E-state index contributed by atoms with van der Waals surface area (Å²) in [6.45, 7) is 2.77. The normalized spacial score (nSPS) is 10.3. The minimum absolute atomic E-state index is 0.184. The highest BCUT2D eigenvalue weighted by Gasteiger charge is 2.08. The molecule has 0 aliphatic rings. The fourth-order valence-electron chi connectivity index (χ4n) is 1.52. The largest absolute Gasteiger partial charge is 0.467 e. The van der Waals surface area contributed by atoms with Crippen molar-refractivity contribution in [2.75, 3.05) is 24.3 Å². The number of ether oxygens (including phenoxy) is 1. The second-order valence-electron chi connectivity index (χ2n) is 4.15. The van der Waals surface area contributed by atoms with Gasteiger partial charge in [0.15, 0.2) is 0 Å². The van der Waals surface area contributed by atoms with Crippen LogP contribution in [-0.4, -0.2) is 28.6 Å². The Labute approximate surface area is 130 Å². The molecule has 2 rings (SSSR count). The van der Waals surface area contributed by atoms with Crippen molar-refractivity contribution in [2.24, 2.45) is 0 Å².